The minimum absolute atomic E-state index is 0. The largest absolute Gasteiger partial charge is 0.480 e. The van der Waals surface area contributed by atoms with Crippen molar-refractivity contribution in [1.82, 2.24) is 21.1 Å². The number of cyclic esters (lactones) is 2. The molecule has 0 bridgehead atoms. The highest BCUT2D eigenvalue weighted by molar-refractivity contribution is 7.80. The van der Waals surface area contributed by atoms with Crippen molar-refractivity contribution in [2.24, 2.45) is 10.2 Å². The van der Waals surface area contributed by atoms with Gasteiger partial charge in [0.05, 0.1) is 72.0 Å². The Labute approximate surface area is 351 Å². The summed E-state index contributed by atoms with van der Waals surface area (Å²) in [4.78, 5) is 51.9. The highest BCUT2D eigenvalue weighted by atomic mass is 32.1. The molecule has 6 N–H and O–H groups in total. The van der Waals surface area contributed by atoms with Crippen molar-refractivity contribution in [2.75, 3.05) is 85.2 Å². The van der Waals surface area contributed by atoms with Crippen molar-refractivity contribution >= 4 is 93.9 Å². The van der Waals surface area contributed by atoms with Gasteiger partial charge in [0.1, 0.15) is 49.7 Å². The first-order chi connectivity index (χ1) is 27.2. The number of aliphatic hydroxyl groups is 2. The van der Waals surface area contributed by atoms with E-state index in [1.54, 1.807) is 54.3 Å². The fourth-order valence-electron chi connectivity index (χ4n) is 5.47. The zero-order chi connectivity index (χ0) is 41.6. The van der Waals surface area contributed by atoms with Crippen molar-refractivity contribution in [2.45, 2.75) is 40.9 Å². The number of carboxylic acids is 1. The third kappa shape index (κ3) is 14.2. The summed E-state index contributed by atoms with van der Waals surface area (Å²) in [5.74, 6) is -2.66. The molecule has 0 saturated carbocycles. The normalized spacial score (nSPS) is 17.8. The highest BCUT2D eigenvalue weighted by Crippen LogP contribution is 2.29. The molecule has 6 rings (SSSR count). The maximum Gasteiger partial charge on any atom is 0.414 e. The van der Waals surface area contributed by atoms with Crippen LogP contribution >= 0.6 is 24.4 Å². The molecule has 0 spiro atoms. The van der Waals surface area contributed by atoms with E-state index in [0.29, 0.717) is 66.3 Å². The number of carboxylic acid groups (broad SMARTS) is 1. The van der Waals surface area contributed by atoms with Crippen LogP contribution in [0.25, 0.3) is 0 Å². The molecule has 3 amide bonds. The van der Waals surface area contributed by atoms with Gasteiger partial charge in [0.15, 0.2) is 0 Å². The summed E-state index contributed by atoms with van der Waals surface area (Å²) in [6.45, 7) is 5.37. The predicted molar refractivity (Wildman–Crippen MR) is 227 cm³/mol. The minimum atomic E-state index is -1.19. The smallest absolute Gasteiger partial charge is 0.414 e. The lowest BCUT2D eigenvalue weighted by molar-refractivity contribution is -0.140. The number of hydrogen-bond donors (Lipinski definition) is 6. The number of amides is 3. The molecule has 4 heterocycles. The number of rotatable bonds is 10. The Bertz CT molecular complexity index is 1880. The average Bonchev–Trinajstić information content (AvgIpc) is 3.77. The van der Waals surface area contributed by atoms with Gasteiger partial charge in [-0.3, -0.25) is 14.6 Å². The molecule has 4 aliphatic heterocycles. The summed E-state index contributed by atoms with van der Waals surface area (Å²) < 4.78 is 39.6. The van der Waals surface area contributed by atoms with Gasteiger partial charge in [0.2, 0.25) is 0 Å². The monoisotopic (exact) mass is 868 g/mol. The lowest BCUT2D eigenvalue weighted by atomic mass is 10.2. The van der Waals surface area contributed by atoms with E-state index in [1.807, 2.05) is 0 Å². The van der Waals surface area contributed by atoms with Gasteiger partial charge in [-0.05, 0) is 50.2 Å². The van der Waals surface area contributed by atoms with E-state index in [-0.39, 0.29) is 45.8 Å². The second-order valence-corrected chi connectivity index (χ2v) is 13.6. The Morgan fingerprint density at radius 3 is 1.64 bits per heavy atom. The van der Waals surface area contributed by atoms with Gasteiger partial charge in [-0.1, -0.05) is 39.3 Å². The van der Waals surface area contributed by atoms with Crippen molar-refractivity contribution in [3.63, 3.8) is 0 Å². The van der Waals surface area contributed by atoms with Gasteiger partial charge >= 0.3 is 18.2 Å². The van der Waals surface area contributed by atoms with E-state index in [9.17, 15) is 23.2 Å². The first-order valence-electron chi connectivity index (χ1n) is 17.3. The number of nitrogens with one attached hydrogen (secondary N) is 3. The number of hydrogen-bond acceptors (Lipinski definition) is 15. The van der Waals surface area contributed by atoms with E-state index in [0.717, 1.165) is 5.01 Å². The number of ether oxygens (including phenoxy) is 2. The lowest BCUT2D eigenvalue weighted by Gasteiger charge is -2.28. The maximum atomic E-state index is 14.7. The number of thiocarbonyl (C=S) groups is 2. The minimum Gasteiger partial charge on any atom is -0.480 e. The summed E-state index contributed by atoms with van der Waals surface area (Å²) in [5, 5.41) is 38.7. The van der Waals surface area contributed by atoms with Gasteiger partial charge < -0.3 is 50.7 Å². The number of carbonyl (C=O) groups is 4. The molecule has 2 fully saturated rings. The van der Waals surface area contributed by atoms with Crippen LogP contribution in [-0.4, -0.2) is 145 Å². The molecule has 4 aliphatic rings. The molecule has 0 radical (unpaired) electrons. The highest BCUT2D eigenvalue weighted by Gasteiger charge is 2.34. The number of halogens is 2. The zero-order valence-electron chi connectivity index (χ0n) is 30.8. The third-order valence-corrected chi connectivity index (χ3v) is 8.49. The summed E-state index contributed by atoms with van der Waals surface area (Å²) in [7, 11) is 0. The molecular formula is C36H50F2N10O9S2. The van der Waals surface area contributed by atoms with Crippen LogP contribution in [0, 0.1) is 11.6 Å². The van der Waals surface area contributed by atoms with E-state index in [2.05, 4.69) is 26.3 Å². The first kappa shape index (κ1) is 49.4. The molecule has 59 heavy (non-hydrogen) atoms. The Kier molecular flexibility index (Phi) is 19.7. The summed E-state index contributed by atoms with van der Waals surface area (Å²) in [6, 6.07) is 9.11. The number of nitrogens with zero attached hydrogens (tertiary/aromatic N) is 7. The maximum absolute atomic E-state index is 14.7. The molecule has 2 aromatic carbocycles. The van der Waals surface area contributed by atoms with E-state index in [1.165, 1.54) is 28.3 Å². The number of aliphatic carboxylic acids is 1. The second-order valence-electron chi connectivity index (χ2n) is 12.4. The first-order valence-corrected chi connectivity index (χ1v) is 18.1. The molecular weight excluding hydrogens is 819 g/mol. The number of benzene rings is 2. The molecule has 19 nitrogen and oxygen atoms in total. The van der Waals surface area contributed by atoms with Gasteiger partial charge in [0.25, 0.3) is 5.91 Å². The van der Waals surface area contributed by atoms with E-state index < -0.39 is 48.9 Å². The van der Waals surface area contributed by atoms with Crippen LogP contribution < -0.4 is 35.7 Å². The predicted octanol–water partition coefficient (Wildman–Crippen LogP) is 2.45. The van der Waals surface area contributed by atoms with Crippen LogP contribution in [0.2, 0.25) is 0 Å². The number of carbonyl (C=O) groups excluding carboxylic acids is 3. The SMILES string of the molecule is C.C.CC(=S)NC[C@H]1CN(c2ccc(N3C=NN(C(=O)CO)CC3)c(F)c2)C(=O)O1.CC(=S)NC[C@H]1CN(c2ccc(N3C=NNCC3)c(F)c2)C(=O)O1.O=C(O)CO. The van der Waals surface area contributed by atoms with Crippen LogP contribution in [0.3, 0.4) is 0 Å². The number of hydrazone groups is 2. The summed E-state index contributed by atoms with van der Waals surface area (Å²) in [5.41, 5.74) is 4.36. The van der Waals surface area contributed by atoms with Crippen LogP contribution in [0.5, 0.6) is 0 Å². The second kappa shape index (κ2) is 23.6. The fraction of sp³-hybridized carbons (Fsp3) is 0.444. The molecule has 2 saturated heterocycles. The van der Waals surface area contributed by atoms with Crippen molar-refractivity contribution in [1.29, 1.82) is 0 Å². The topological polar surface area (TPSA) is 224 Å². The average molecular weight is 869 g/mol. The Hall–Kier alpha value is -5.78. The number of aliphatic hydroxyl groups excluding tert-OH is 2. The number of anilines is 4. The molecule has 0 unspecified atom stereocenters. The van der Waals surface area contributed by atoms with Gasteiger partial charge in [0, 0.05) is 13.1 Å². The Morgan fingerprint density at radius 2 is 1.29 bits per heavy atom. The zero-order valence-corrected chi connectivity index (χ0v) is 32.5. The fourth-order valence-corrected chi connectivity index (χ4v) is 5.63. The molecule has 2 aromatic rings. The van der Waals surface area contributed by atoms with E-state index >= 15 is 0 Å². The summed E-state index contributed by atoms with van der Waals surface area (Å²) in [6.07, 6.45) is 1.14. The van der Waals surface area contributed by atoms with Gasteiger partial charge in [-0.2, -0.15) is 10.2 Å². The third-order valence-electron chi connectivity index (χ3n) is 8.20. The van der Waals surface area contributed by atoms with Crippen LogP contribution in [0.15, 0.2) is 46.6 Å². The van der Waals surface area contributed by atoms with Gasteiger partial charge in [-0.15, -0.1) is 0 Å². The standard InChI is InChI=1S/C17H20FN5O4S.C15H18FN5O2S.C2H4O3.2CH4/c1-11(28)19-7-13-8-22(17(26)27-13)12-2-3-15(14(18)6-12)21-4-5-23(20-10-21)16(25)9-24;1-10(24)17-7-12-8-21(15(22)23-12)11-2-3-14(13(16)6-11)20-5-4-18-19-9-20;3-1-2(4)5;;/h2-3,6,10,13,24H,4-5,7-9H2,1H3,(H,19,28);2-3,6,9,12,18H,4-5,7-8H2,1H3,(H,17,24);3H,1H2,(H,4,5);2*1H4/t13-;12-;;;/m00.../s1. The van der Waals surface area contributed by atoms with Crippen LogP contribution in [0.1, 0.15) is 28.7 Å². The Balaban J connectivity index is 0.000000357. The molecule has 0 aliphatic carbocycles. The van der Waals surface area contributed by atoms with Crippen molar-refractivity contribution in [3.05, 3.63) is 48.0 Å². The molecule has 23 heteroatoms. The van der Waals surface area contributed by atoms with Crippen molar-refractivity contribution in [3.8, 4) is 0 Å². The molecule has 324 valence electrons. The summed E-state index contributed by atoms with van der Waals surface area (Å²) >= 11 is 9.88. The molecule has 2 atom stereocenters. The van der Waals surface area contributed by atoms with Crippen LogP contribution in [0.4, 0.5) is 41.1 Å². The quantitative estimate of drug-likeness (QED) is 0.189. The molecule has 0 aromatic heterocycles. The lowest BCUT2D eigenvalue weighted by Crippen LogP contribution is -2.42. The van der Waals surface area contributed by atoms with Gasteiger partial charge in [-0.25, -0.2) is 28.2 Å². The van der Waals surface area contributed by atoms with E-state index in [4.69, 9.17) is 54.0 Å². The van der Waals surface area contributed by atoms with Crippen LogP contribution in [-0.2, 0) is 19.1 Å². The Morgan fingerprint density at radius 1 is 0.814 bits per heavy atom. The van der Waals surface area contributed by atoms with Crippen molar-refractivity contribution < 1.29 is 52.8 Å².